The van der Waals surface area contributed by atoms with Crippen LogP contribution in [0.25, 0.3) is 0 Å². The number of benzene rings is 2. The fourth-order valence-electron chi connectivity index (χ4n) is 5.62. The van der Waals surface area contributed by atoms with E-state index >= 15 is 0 Å². The molecule has 8 nitrogen and oxygen atoms in total. The molecular weight excluding hydrogens is 546 g/mol. The van der Waals surface area contributed by atoms with Gasteiger partial charge in [0, 0.05) is 38.3 Å². The van der Waals surface area contributed by atoms with Crippen LogP contribution < -0.4 is 14.2 Å². The lowest BCUT2D eigenvalue weighted by Crippen LogP contribution is -2.49. The Balaban J connectivity index is 1.50. The Kier molecular flexibility index (Phi) is 11.3. The molecule has 0 saturated carbocycles. The summed E-state index contributed by atoms with van der Waals surface area (Å²) < 4.78 is 28.2. The number of carbonyl (C=O) groups is 1. The van der Waals surface area contributed by atoms with Gasteiger partial charge in [0.15, 0.2) is 13.6 Å². The van der Waals surface area contributed by atoms with Gasteiger partial charge in [-0.2, -0.15) is 0 Å². The van der Waals surface area contributed by atoms with Crippen LogP contribution in [0.4, 0.5) is 0 Å². The van der Waals surface area contributed by atoms with E-state index in [0.29, 0.717) is 49.4 Å². The van der Waals surface area contributed by atoms with E-state index in [2.05, 4.69) is 32.9 Å². The number of methoxy groups -OCH3 is 2. The van der Waals surface area contributed by atoms with Gasteiger partial charge in [-0.25, -0.2) is 0 Å². The minimum absolute atomic E-state index is 0.0391. The van der Waals surface area contributed by atoms with Crippen molar-refractivity contribution < 1.29 is 33.6 Å². The van der Waals surface area contributed by atoms with Crippen molar-refractivity contribution >= 4 is 5.91 Å². The monoisotopic (exact) mass is 593 g/mol. The van der Waals surface area contributed by atoms with Crippen LogP contribution >= 0.6 is 0 Å². The molecular formula is C35H47NO7. The van der Waals surface area contributed by atoms with Gasteiger partial charge in [-0.05, 0) is 83.6 Å². The number of hydrogen-bond donors (Lipinski definition) is 1. The summed E-state index contributed by atoms with van der Waals surface area (Å²) in [6.07, 6.45) is 8.39. The highest BCUT2D eigenvalue weighted by molar-refractivity contribution is 6.00. The first-order chi connectivity index (χ1) is 20.6. The fraction of sp³-hybridized carbons (Fsp3) is 0.514. The van der Waals surface area contributed by atoms with Gasteiger partial charge in [0.05, 0.1) is 18.2 Å². The summed E-state index contributed by atoms with van der Waals surface area (Å²) in [5, 5.41) is 11.3. The Morgan fingerprint density at radius 2 is 1.77 bits per heavy atom. The highest BCUT2D eigenvalue weighted by Crippen LogP contribution is 2.46. The van der Waals surface area contributed by atoms with Crippen LogP contribution in [0.5, 0.6) is 17.2 Å². The lowest BCUT2D eigenvalue weighted by atomic mass is 9.84. The van der Waals surface area contributed by atoms with Gasteiger partial charge in [0.25, 0.3) is 5.91 Å². The predicted octanol–water partition coefficient (Wildman–Crippen LogP) is 6.38. The summed E-state index contributed by atoms with van der Waals surface area (Å²) in [5.41, 5.74) is 5.22. The van der Waals surface area contributed by atoms with E-state index in [9.17, 15) is 9.90 Å². The second kappa shape index (κ2) is 14.9. The first-order valence-corrected chi connectivity index (χ1v) is 15.1. The SMILES string of the molecule is COCOc1ccc(CCN2Cc3c(cc(OCOC)c4c3O[C@](C)(CC/C=C(\C)CCC=C(C)C)[C@@H](O)C4)C2=O)cc1. The third-order valence-corrected chi connectivity index (χ3v) is 8.24. The summed E-state index contributed by atoms with van der Waals surface area (Å²) in [4.78, 5) is 15.4. The Morgan fingerprint density at radius 1 is 1.05 bits per heavy atom. The molecule has 234 valence electrons. The molecule has 0 spiro atoms. The third kappa shape index (κ3) is 8.19. The summed E-state index contributed by atoms with van der Waals surface area (Å²) >= 11 is 0. The molecule has 0 fully saturated rings. The Labute approximate surface area is 256 Å². The Hall–Kier alpha value is -3.33. The summed E-state index contributed by atoms with van der Waals surface area (Å²) in [5.74, 6) is 1.87. The number of nitrogens with zero attached hydrogens (tertiary/aromatic N) is 1. The van der Waals surface area contributed by atoms with Gasteiger partial charge in [-0.3, -0.25) is 4.79 Å². The smallest absolute Gasteiger partial charge is 0.254 e. The van der Waals surface area contributed by atoms with Gasteiger partial charge < -0.3 is 33.7 Å². The molecule has 8 heteroatoms. The van der Waals surface area contributed by atoms with Crippen LogP contribution in [-0.2, 0) is 28.9 Å². The van der Waals surface area contributed by atoms with Gasteiger partial charge in [-0.1, -0.05) is 35.4 Å². The molecule has 2 atom stereocenters. The van der Waals surface area contributed by atoms with E-state index in [1.807, 2.05) is 36.1 Å². The fourth-order valence-corrected chi connectivity index (χ4v) is 5.62. The molecule has 0 aliphatic carbocycles. The molecule has 0 saturated heterocycles. The van der Waals surface area contributed by atoms with Crippen LogP contribution in [0, 0.1) is 0 Å². The zero-order valence-electron chi connectivity index (χ0n) is 26.5. The van der Waals surface area contributed by atoms with Crippen molar-refractivity contribution in [3.05, 3.63) is 75.9 Å². The standard InChI is InChI=1S/C35H47NO7/c1-24(2)9-7-10-25(3)11-8-17-35(4)32(37)20-29-31(42-23-40-6)19-28-30(33(29)43-35)21-36(34(28)38)18-16-26-12-14-27(15-13-26)41-22-39-5/h9,11-15,19,32,37H,7-8,10,16-18,20-23H2,1-6H3/b25-11+/t32-,35+/m0/s1. The quantitative estimate of drug-likeness (QED) is 0.190. The van der Waals surface area contributed by atoms with Crippen molar-refractivity contribution in [1.82, 2.24) is 4.90 Å². The Bertz CT molecular complexity index is 1310. The molecule has 43 heavy (non-hydrogen) atoms. The number of amides is 1. The number of aliphatic hydroxyl groups excluding tert-OH is 1. The number of hydrogen-bond acceptors (Lipinski definition) is 7. The van der Waals surface area contributed by atoms with Crippen molar-refractivity contribution in [1.29, 1.82) is 0 Å². The molecule has 1 N–H and O–H groups in total. The van der Waals surface area contributed by atoms with E-state index in [1.165, 1.54) is 11.1 Å². The second-order valence-corrected chi connectivity index (χ2v) is 12.0. The summed E-state index contributed by atoms with van der Waals surface area (Å²) in [6, 6.07) is 9.61. The largest absolute Gasteiger partial charge is 0.484 e. The van der Waals surface area contributed by atoms with Crippen LogP contribution in [-0.4, -0.2) is 62.0 Å². The van der Waals surface area contributed by atoms with Crippen LogP contribution in [0.1, 0.15) is 80.4 Å². The maximum Gasteiger partial charge on any atom is 0.254 e. The molecule has 2 heterocycles. The van der Waals surface area contributed by atoms with E-state index < -0.39 is 11.7 Å². The summed E-state index contributed by atoms with van der Waals surface area (Å²) in [7, 11) is 3.14. The third-order valence-electron chi connectivity index (χ3n) is 8.24. The van der Waals surface area contributed by atoms with Crippen molar-refractivity contribution in [3.63, 3.8) is 0 Å². The first-order valence-electron chi connectivity index (χ1n) is 15.1. The van der Waals surface area contributed by atoms with Gasteiger partial charge in [0.2, 0.25) is 0 Å². The number of rotatable bonds is 15. The minimum Gasteiger partial charge on any atom is -0.484 e. The van der Waals surface area contributed by atoms with Gasteiger partial charge in [-0.15, -0.1) is 0 Å². The second-order valence-electron chi connectivity index (χ2n) is 12.0. The van der Waals surface area contributed by atoms with Crippen LogP contribution in [0.2, 0.25) is 0 Å². The molecule has 2 aliphatic rings. The lowest BCUT2D eigenvalue weighted by molar-refractivity contribution is -0.0606. The number of allylic oxidation sites excluding steroid dienone is 4. The van der Waals surface area contributed by atoms with Crippen LogP contribution in [0.15, 0.2) is 53.6 Å². The molecule has 0 aromatic heterocycles. The van der Waals surface area contributed by atoms with Crippen LogP contribution in [0.3, 0.4) is 0 Å². The van der Waals surface area contributed by atoms with Gasteiger partial charge >= 0.3 is 0 Å². The lowest BCUT2D eigenvalue weighted by Gasteiger charge is -2.41. The number of aliphatic hydroxyl groups is 1. The van der Waals surface area contributed by atoms with E-state index in [0.717, 1.165) is 41.7 Å². The molecule has 0 unspecified atom stereocenters. The molecule has 0 radical (unpaired) electrons. The van der Waals surface area contributed by atoms with Crippen molar-refractivity contribution in [2.75, 3.05) is 34.4 Å². The maximum absolute atomic E-state index is 13.6. The minimum atomic E-state index is -0.791. The first kappa shape index (κ1) is 32.6. The number of fused-ring (bicyclic) bond motifs is 3. The van der Waals surface area contributed by atoms with E-state index in [1.54, 1.807) is 20.3 Å². The highest BCUT2D eigenvalue weighted by atomic mass is 16.7. The predicted molar refractivity (Wildman–Crippen MR) is 167 cm³/mol. The average Bonchev–Trinajstić information content (AvgIpc) is 3.30. The van der Waals surface area contributed by atoms with Crippen molar-refractivity contribution in [2.45, 2.75) is 84.5 Å². The van der Waals surface area contributed by atoms with E-state index in [-0.39, 0.29) is 19.5 Å². The number of ether oxygens (including phenoxy) is 5. The normalized spacial score (nSPS) is 19.5. The molecule has 2 aliphatic heterocycles. The molecule has 2 aromatic rings. The Morgan fingerprint density at radius 3 is 2.47 bits per heavy atom. The average molecular weight is 594 g/mol. The van der Waals surface area contributed by atoms with Gasteiger partial charge in [0.1, 0.15) is 22.8 Å². The van der Waals surface area contributed by atoms with Crippen molar-refractivity contribution in [2.24, 2.45) is 0 Å². The van der Waals surface area contributed by atoms with E-state index in [4.69, 9.17) is 23.7 Å². The molecule has 1 amide bonds. The highest BCUT2D eigenvalue weighted by Gasteiger charge is 2.44. The maximum atomic E-state index is 13.6. The molecule has 2 aromatic carbocycles. The summed E-state index contributed by atoms with van der Waals surface area (Å²) in [6.45, 7) is 9.61. The van der Waals surface area contributed by atoms with Crippen molar-refractivity contribution in [3.8, 4) is 17.2 Å². The number of carbonyl (C=O) groups excluding carboxylic acids is 1. The topological polar surface area (TPSA) is 86.7 Å². The molecule has 4 rings (SSSR count). The molecule has 0 bridgehead atoms. The zero-order chi connectivity index (χ0) is 31.0. The zero-order valence-corrected chi connectivity index (χ0v) is 26.5.